The van der Waals surface area contributed by atoms with Gasteiger partial charge in [0.05, 0.1) is 5.92 Å². The van der Waals surface area contributed by atoms with Crippen molar-refractivity contribution in [2.24, 2.45) is 11.7 Å². The Bertz CT molecular complexity index is 307. The van der Waals surface area contributed by atoms with Crippen molar-refractivity contribution in [1.82, 2.24) is 15.1 Å². The third-order valence-corrected chi connectivity index (χ3v) is 3.46. The molecule has 2 amide bonds. The lowest BCUT2D eigenvalue weighted by molar-refractivity contribution is -0.129. The van der Waals surface area contributed by atoms with Crippen molar-refractivity contribution in [3.8, 4) is 0 Å². The van der Waals surface area contributed by atoms with E-state index in [4.69, 9.17) is 5.73 Å². The van der Waals surface area contributed by atoms with Crippen LogP contribution in [0.5, 0.6) is 0 Å². The fourth-order valence-corrected chi connectivity index (χ4v) is 2.29. The molecule has 0 spiro atoms. The molecule has 0 aromatic carbocycles. The first-order chi connectivity index (χ1) is 9.04. The van der Waals surface area contributed by atoms with Gasteiger partial charge in [-0.2, -0.15) is 0 Å². The Balaban J connectivity index is 2.33. The molecule has 1 fully saturated rings. The van der Waals surface area contributed by atoms with E-state index in [0.717, 1.165) is 32.5 Å². The third-order valence-electron chi connectivity index (χ3n) is 3.46. The van der Waals surface area contributed by atoms with Gasteiger partial charge in [0.15, 0.2) is 0 Å². The highest BCUT2D eigenvalue weighted by atomic mass is 16.2. The fourth-order valence-electron chi connectivity index (χ4n) is 2.29. The third kappa shape index (κ3) is 5.57. The summed E-state index contributed by atoms with van der Waals surface area (Å²) in [5.41, 5.74) is 5.38. The second-order valence-corrected chi connectivity index (χ2v) is 5.26. The topological polar surface area (TPSA) is 78.7 Å². The SMILES string of the molecule is CN(C)C(=O)CCN1CCCC(C(=O)NCCN)C1. The second-order valence-electron chi connectivity index (χ2n) is 5.26. The van der Waals surface area contributed by atoms with Crippen LogP contribution in [0.15, 0.2) is 0 Å². The average Bonchev–Trinajstić information content (AvgIpc) is 2.42. The zero-order chi connectivity index (χ0) is 14.3. The number of piperidine rings is 1. The number of hydrogen-bond acceptors (Lipinski definition) is 4. The molecule has 1 aliphatic heterocycles. The van der Waals surface area contributed by atoms with Crippen LogP contribution >= 0.6 is 0 Å². The molecule has 6 nitrogen and oxygen atoms in total. The van der Waals surface area contributed by atoms with Crippen molar-refractivity contribution in [1.29, 1.82) is 0 Å². The Labute approximate surface area is 115 Å². The summed E-state index contributed by atoms with van der Waals surface area (Å²) in [5.74, 6) is 0.263. The number of carbonyl (C=O) groups is 2. The van der Waals surface area contributed by atoms with E-state index in [2.05, 4.69) is 10.2 Å². The van der Waals surface area contributed by atoms with Crippen LogP contribution < -0.4 is 11.1 Å². The van der Waals surface area contributed by atoms with E-state index in [-0.39, 0.29) is 17.7 Å². The van der Waals surface area contributed by atoms with Gasteiger partial charge in [-0.25, -0.2) is 0 Å². The summed E-state index contributed by atoms with van der Waals surface area (Å²) in [5, 5.41) is 2.84. The van der Waals surface area contributed by atoms with E-state index in [0.29, 0.717) is 19.5 Å². The quantitative estimate of drug-likeness (QED) is 0.666. The van der Waals surface area contributed by atoms with Gasteiger partial charge in [-0.15, -0.1) is 0 Å². The molecular weight excluding hydrogens is 244 g/mol. The Morgan fingerprint density at radius 2 is 2.16 bits per heavy atom. The van der Waals surface area contributed by atoms with Gasteiger partial charge < -0.3 is 20.9 Å². The van der Waals surface area contributed by atoms with Crippen molar-refractivity contribution in [2.45, 2.75) is 19.3 Å². The first kappa shape index (κ1) is 15.9. The van der Waals surface area contributed by atoms with Crippen LogP contribution in [0.2, 0.25) is 0 Å². The summed E-state index contributed by atoms with van der Waals surface area (Å²) < 4.78 is 0. The molecule has 3 N–H and O–H groups in total. The lowest BCUT2D eigenvalue weighted by atomic mass is 9.97. The zero-order valence-corrected chi connectivity index (χ0v) is 12.0. The Morgan fingerprint density at radius 1 is 1.42 bits per heavy atom. The summed E-state index contributed by atoms with van der Waals surface area (Å²) in [6.07, 6.45) is 2.45. The predicted octanol–water partition coefficient (Wildman–Crippen LogP) is -0.748. The maximum Gasteiger partial charge on any atom is 0.224 e. The smallest absolute Gasteiger partial charge is 0.224 e. The van der Waals surface area contributed by atoms with Crippen LogP contribution in [0.3, 0.4) is 0 Å². The van der Waals surface area contributed by atoms with E-state index >= 15 is 0 Å². The molecule has 6 heteroatoms. The first-order valence-corrected chi connectivity index (χ1v) is 6.95. The summed E-state index contributed by atoms with van der Waals surface area (Å²) in [6.45, 7) is 3.46. The molecule has 1 unspecified atom stereocenters. The van der Waals surface area contributed by atoms with Crippen molar-refractivity contribution in [3.63, 3.8) is 0 Å². The van der Waals surface area contributed by atoms with Gasteiger partial charge in [0.1, 0.15) is 0 Å². The molecule has 0 aromatic rings. The van der Waals surface area contributed by atoms with E-state index in [1.165, 1.54) is 0 Å². The minimum absolute atomic E-state index is 0.0368. The van der Waals surface area contributed by atoms with E-state index in [1.54, 1.807) is 19.0 Å². The fraction of sp³-hybridized carbons (Fsp3) is 0.846. The number of amides is 2. The highest BCUT2D eigenvalue weighted by Crippen LogP contribution is 2.16. The predicted molar refractivity (Wildman–Crippen MR) is 74.5 cm³/mol. The Hall–Kier alpha value is -1.14. The van der Waals surface area contributed by atoms with Crippen LogP contribution in [0, 0.1) is 5.92 Å². The van der Waals surface area contributed by atoms with Gasteiger partial charge in [-0.05, 0) is 19.4 Å². The van der Waals surface area contributed by atoms with Crippen molar-refractivity contribution >= 4 is 11.8 Å². The molecule has 1 atom stereocenters. The zero-order valence-electron chi connectivity index (χ0n) is 12.0. The molecule has 0 saturated carbocycles. The number of rotatable bonds is 6. The van der Waals surface area contributed by atoms with Crippen LogP contribution in [-0.2, 0) is 9.59 Å². The monoisotopic (exact) mass is 270 g/mol. The lowest BCUT2D eigenvalue weighted by Crippen LogP contribution is -2.44. The van der Waals surface area contributed by atoms with Gasteiger partial charge in [0, 0.05) is 46.7 Å². The molecule has 1 heterocycles. The lowest BCUT2D eigenvalue weighted by Gasteiger charge is -2.32. The normalized spacial score (nSPS) is 20.1. The van der Waals surface area contributed by atoms with Crippen LogP contribution in [0.1, 0.15) is 19.3 Å². The van der Waals surface area contributed by atoms with Gasteiger partial charge in [0.25, 0.3) is 0 Å². The number of nitrogens with one attached hydrogen (secondary N) is 1. The molecule has 1 saturated heterocycles. The minimum Gasteiger partial charge on any atom is -0.355 e. The maximum atomic E-state index is 11.9. The average molecular weight is 270 g/mol. The standard InChI is InChI=1S/C13H26N4O2/c1-16(2)12(18)5-9-17-8-3-4-11(10-17)13(19)15-7-6-14/h11H,3-10,14H2,1-2H3,(H,15,19). The molecule has 1 aliphatic rings. The Kier molecular flexibility index (Phi) is 6.80. The minimum atomic E-state index is 0.0368. The van der Waals surface area contributed by atoms with Crippen LogP contribution in [-0.4, -0.2) is 68.4 Å². The molecule has 0 bridgehead atoms. The van der Waals surface area contributed by atoms with E-state index < -0.39 is 0 Å². The largest absolute Gasteiger partial charge is 0.355 e. The molecule has 0 aliphatic carbocycles. The number of hydrogen-bond donors (Lipinski definition) is 2. The summed E-state index contributed by atoms with van der Waals surface area (Å²) >= 11 is 0. The molecular formula is C13H26N4O2. The Morgan fingerprint density at radius 3 is 2.79 bits per heavy atom. The summed E-state index contributed by atoms with van der Waals surface area (Å²) in [4.78, 5) is 27.2. The van der Waals surface area contributed by atoms with Crippen molar-refractivity contribution in [2.75, 3.05) is 46.8 Å². The second kappa shape index (κ2) is 8.12. The highest BCUT2D eigenvalue weighted by molar-refractivity contribution is 5.79. The van der Waals surface area contributed by atoms with Gasteiger partial charge >= 0.3 is 0 Å². The molecule has 0 radical (unpaired) electrons. The number of carbonyl (C=O) groups excluding carboxylic acids is 2. The highest BCUT2D eigenvalue weighted by Gasteiger charge is 2.25. The van der Waals surface area contributed by atoms with Crippen LogP contribution in [0.4, 0.5) is 0 Å². The number of nitrogens with two attached hydrogens (primary N) is 1. The van der Waals surface area contributed by atoms with Gasteiger partial charge in [-0.3, -0.25) is 9.59 Å². The first-order valence-electron chi connectivity index (χ1n) is 6.95. The number of likely N-dealkylation sites (tertiary alicyclic amines) is 1. The number of nitrogens with zero attached hydrogens (tertiary/aromatic N) is 2. The summed E-state index contributed by atoms with van der Waals surface area (Å²) in [6, 6.07) is 0. The van der Waals surface area contributed by atoms with E-state index in [1.807, 2.05) is 0 Å². The maximum absolute atomic E-state index is 11.9. The van der Waals surface area contributed by atoms with Gasteiger partial charge in [-0.1, -0.05) is 0 Å². The molecule has 0 aromatic heterocycles. The molecule has 1 rings (SSSR count). The van der Waals surface area contributed by atoms with Crippen molar-refractivity contribution in [3.05, 3.63) is 0 Å². The van der Waals surface area contributed by atoms with Gasteiger partial charge in [0.2, 0.25) is 11.8 Å². The van der Waals surface area contributed by atoms with Crippen molar-refractivity contribution < 1.29 is 9.59 Å². The summed E-state index contributed by atoms with van der Waals surface area (Å²) in [7, 11) is 3.53. The molecule has 19 heavy (non-hydrogen) atoms. The van der Waals surface area contributed by atoms with E-state index in [9.17, 15) is 9.59 Å². The molecule has 110 valence electrons. The van der Waals surface area contributed by atoms with Crippen LogP contribution in [0.25, 0.3) is 0 Å².